The van der Waals surface area contributed by atoms with Gasteiger partial charge in [0.15, 0.2) is 0 Å². The highest BCUT2D eigenvalue weighted by Gasteiger charge is 2.43. The number of esters is 1. The Hall–Kier alpha value is -1.06. The summed E-state index contributed by atoms with van der Waals surface area (Å²) in [6.07, 6.45) is 1.19. The molecule has 0 radical (unpaired) electrons. The molecule has 0 aromatic heterocycles. The molecule has 0 saturated heterocycles. The summed E-state index contributed by atoms with van der Waals surface area (Å²) < 4.78 is 5.25. The smallest absolute Gasteiger partial charge is 0.310 e. The van der Waals surface area contributed by atoms with Crippen molar-refractivity contribution in [1.82, 2.24) is 0 Å². The first-order chi connectivity index (χ1) is 7.20. The summed E-state index contributed by atoms with van der Waals surface area (Å²) in [6.45, 7) is 7.34. The van der Waals surface area contributed by atoms with Crippen LogP contribution in [0.3, 0.4) is 0 Å². The highest BCUT2D eigenvalue weighted by molar-refractivity contribution is 5.82. The van der Waals surface area contributed by atoms with Crippen molar-refractivity contribution >= 4 is 11.9 Å². The number of carbonyl (C=O) groups excluding carboxylic acids is 1. The van der Waals surface area contributed by atoms with E-state index < -0.39 is 23.4 Å². The summed E-state index contributed by atoms with van der Waals surface area (Å²) in [5, 5.41) is 9.04. The molecule has 0 aliphatic heterocycles. The monoisotopic (exact) mass is 228 g/mol. The van der Waals surface area contributed by atoms with Crippen molar-refractivity contribution in [3.05, 3.63) is 0 Å². The Labute approximate surface area is 96.0 Å². The maximum Gasteiger partial charge on any atom is 0.310 e. The molecule has 1 fully saturated rings. The summed E-state index contributed by atoms with van der Waals surface area (Å²) in [4.78, 5) is 22.9. The number of carboxylic acid groups (broad SMARTS) is 1. The Morgan fingerprint density at radius 1 is 1.19 bits per heavy atom. The fourth-order valence-electron chi connectivity index (χ4n) is 2.20. The largest absolute Gasteiger partial charge is 0.481 e. The highest BCUT2D eigenvalue weighted by atomic mass is 16.6. The third kappa shape index (κ3) is 3.22. The minimum atomic E-state index is -0.889. The molecule has 0 amide bonds. The van der Waals surface area contributed by atoms with Crippen LogP contribution in [-0.2, 0) is 14.3 Å². The first-order valence-electron chi connectivity index (χ1n) is 5.66. The quantitative estimate of drug-likeness (QED) is 0.735. The number of hydrogen-bond donors (Lipinski definition) is 1. The molecule has 0 aromatic rings. The summed E-state index contributed by atoms with van der Waals surface area (Å²) in [5.41, 5.74) is -0.550. The van der Waals surface area contributed by atoms with Crippen molar-refractivity contribution in [2.24, 2.45) is 17.8 Å². The van der Waals surface area contributed by atoms with Gasteiger partial charge in [0.1, 0.15) is 5.60 Å². The first kappa shape index (κ1) is 13.0. The van der Waals surface area contributed by atoms with Crippen molar-refractivity contribution in [3.8, 4) is 0 Å². The van der Waals surface area contributed by atoms with Gasteiger partial charge in [-0.05, 0) is 39.5 Å². The fraction of sp³-hybridized carbons (Fsp3) is 0.833. The lowest BCUT2D eigenvalue weighted by Gasteiger charge is -2.23. The predicted molar refractivity (Wildman–Crippen MR) is 58.9 cm³/mol. The third-order valence-corrected chi connectivity index (χ3v) is 2.83. The molecule has 1 aliphatic rings. The SMILES string of the molecule is C[C@@H]1CC(C(=O)OC(C)(C)C)[C@H](C(=O)O)C1. The second-order valence-electron chi connectivity index (χ2n) is 5.66. The predicted octanol–water partition coefficient (Wildman–Crippen LogP) is 2.08. The van der Waals surface area contributed by atoms with Crippen molar-refractivity contribution < 1.29 is 19.4 Å². The lowest BCUT2D eigenvalue weighted by molar-refractivity contribution is -0.165. The van der Waals surface area contributed by atoms with E-state index in [0.717, 1.165) is 0 Å². The van der Waals surface area contributed by atoms with Gasteiger partial charge in [-0.1, -0.05) is 6.92 Å². The number of rotatable bonds is 2. The fourth-order valence-corrected chi connectivity index (χ4v) is 2.20. The molecule has 1 rings (SSSR count). The standard InChI is InChI=1S/C12H20O4/c1-7-5-8(10(13)14)9(6-7)11(15)16-12(2,3)4/h7-9H,5-6H2,1-4H3,(H,13,14)/t7-,8+,9?/m0/s1. The van der Waals surface area contributed by atoms with Crippen molar-refractivity contribution in [3.63, 3.8) is 0 Å². The minimum Gasteiger partial charge on any atom is -0.481 e. The lowest BCUT2D eigenvalue weighted by Crippen LogP contribution is -2.32. The van der Waals surface area contributed by atoms with Crippen LogP contribution >= 0.6 is 0 Å². The molecule has 4 heteroatoms. The Morgan fingerprint density at radius 2 is 1.69 bits per heavy atom. The molecule has 1 unspecified atom stereocenters. The van der Waals surface area contributed by atoms with E-state index in [1.807, 2.05) is 6.92 Å². The van der Waals surface area contributed by atoms with E-state index in [1.54, 1.807) is 20.8 Å². The van der Waals surface area contributed by atoms with Crippen molar-refractivity contribution in [2.45, 2.75) is 46.1 Å². The Balaban J connectivity index is 2.71. The van der Waals surface area contributed by atoms with Gasteiger partial charge < -0.3 is 9.84 Å². The van der Waals surface area contributed by atoms with E-state index in [1.165, 1.54) is 0 Å². The van der Waals surface area contributed by atoms with Gasteiger partial charge in [-0.2, -0.15) is 0 Å². The van der Waals surface area contributed by atoms with Crippen LogP contribution in [0.5, 0.6) is 0 Å². The van der Waals surface area contributed by atoms with Crippen LogP contribution in [0.2, 0.25) is 0 Å². The Morgan fingerprint density at radius 3 is 2.12 bits per heavy atom. The zero-order valence-corrected chi connectivity index (χ0v) is 10.3. The van der Waals surface area contributed by atoms with E-state index in [-0.39, 0.29) is 11.9 Å². The molecule has 0 spiro atoms. The van der Waals surface area contributed by atoms with Gasteiger partial charge in [0.2, 0.25) is 0 Å². The highest BCUT2D eigenvalue weighted by Crippen LogP contribution is 2.37. The molecule has 16 heavy (non-hydrogen) atoms. The molecule has 1 aliphatic carbocycles. The molecule has 92 valence electrons. The van der Waals surface area contributed by atoms with Crippen LogP contribution in [0.15, 0.2) is 0 Å². The van der Waals surface area contributed by atoms with Gasteiger partial charge >= 0.3 is 11.9 Å². The molecular weight excluding hydrogens is 208 g/mol. The summed E-state index contributed by atoms with van der Waals surface area (Å²) in [7, 11) is 0. The zero-order chi connectivity index (χ0) is 12.5. The number of carbonyl (C=O) groups is 2. The van der Waals surface area contributed by atoms with Gasteiger partial charge in [-0.15, -0.1) is 0 Å². The summed E-state index contributed by atoms with van der Waals surface area (Å²) >= 11 is 0. The van der Waals surface area contributed by atoms with Crippen molar-refractivity contribution in [1.29, 1.82) is 0 Å². The second kappa shape index (κ2) is 4.44. The number of carboxylic acids is 1. The van der Waals surface area contributed by atoms with Crippen LogP contribution in [0.1, 0.15) is 40.5 Å². The van der Waals surface area contributed by atoms with Crippen LogP contribution in [0.4, 0.5) is 0 Å². The Kier molecular flexibility index (Phi) is 3.61. The molecule has 0 bridgehead atoms. The molecule has 3 atom stereocenters. The molecule has 1 N–H and O–H groups in total. The molecular formula is C12H20O4. The van der Waals surface area contributed by atoms with Crippen LogP contribution in [0, 0.1) is 17.8 Å². The van der Waals surface area contributed by atoms with Gasteiger partial charge in [-0.3, -0.25) is 9.59 Å². The van der Waals surface area contributed by atoms with Crippen LogP contribution in [0.25, 0.3) is 0 Å². The van der Waals surface area contributed by atoms with Gasteiger partial charge in [-0.25, -0.2) is 0 Å². The van der Waals surface area contributed by atoms with E-state index in [2.05, 4.69) is 0 Å². The molecule has 0 aromatic carbocycles. The van der Waals surface area contributed by atoms with E-state index in [9.17, 15) is 9.59 Å². The second-order valence-corrected chi connectivity index (χ2v) is 5.66. The maximum absolute atomic E-state index is 11.8. The summed E-state index contributed by atoms with van der Waals surface area (Å²) in [5.74, 6) is -2.04. The average Bonchev–Trinajstić information content (AvgIpc) is 2.44. The lowest BCUT2D eigenvalue weighted by atomic mass is 9.96. The number of aliphatic carboxylic acids is 1. The zero-order valence-electron chi connectivity index (χ0n) is 10.3. The maximum atomic E-state index is 11.8. The minimum absolute atomic E-state index is 0.276. The van der Waals surface area contributed by atoms with Gasteiger partial charge in [0, 0.05) is 0 Å². The van der Waals surface area contributed by atoms with Crippen molar-refractivity contribution in [2.75, 3.05) is 0 Å². The van der Waals surface area contributed by atoms with Gasteiger partial charge in [0.25, 0.3) is 0 Å². The van der Waals surface area contributed by atoms with Crippen LogP contribution in [-0.4, -0.2) is 22.6 Å². The molecule has 0 heterocycles. The molecule has 1 saturated carbocycles. The van der Waals surface area contributed by atoms with Gasteiger partial charge in [0.05, 0.1) is 11.8 Å². The molecule has 4 nitrogen and oxygen atoms in total. The van der Waals surface area contributed by atoms with E-state index >= 15 is 0 Å². The van der Waals surface area contributed by atoms with Crippen LogP contribution < -0.4 is 0 Å². The van der Waals surface area contributed by atoms with E-state index in [4.69, 9.17) is 9.84 Å². The topological polar surface area (TPSA) is 63.6 Å². The number of ether oxygens (including phenoxy) is 1. The van der Waals surface area contributed by atoms with E-state index in [0.29, 0.717) is 12.8 Å². The Bertz CT molecular complexity index is 290. The first-order valence-corrected chi connectivity index (χ1v) is 5.66. The average molecular weight is 228 g/mol. The normalized spacial score (nSPS) is 30.1. The summed E-state index contributed by atoms with van der Waals surface area (Å²) in [6, 6.07) is 0. The number of hydrogen-bond acceptors (Lipinski definition) is 3. The third-order valence-electron chi connectivity index (χ3n) is 2.83.